The molecule has 0 bridgehead atoms. The molecular formula is C11H9ClF4N2S. The van der Waals surface area contributed by atoms with Crippen LogP contribution in [0.2, 0.25) is 0 Å². The fraction of sp³-hybridized carbons (Fsp3) is 0.364. The number of nitrogens with zero attached hydrogens (tertiary/aromatic N) is 2. The second-order valence-electron chi connectivity index (χ2n) is 3.72. The Bertz CT molecular complexity index is 582. The molecule has 0 N–H and O–H groups in total. The quantitative estimate of drug-likeness (QED) is 0.623. The Balaban J connectivity index is 2.28. The summed E-state index contributed by atoms with van der Waals surface area (Å²) in [6.07, 6.45) is 0. The summed E-state index contributed by atoms with van der Waals surface area (Å²) < 4.78 is 51.3. The van der Waals surface area contributed by atoms with Crippen molar-refractivity contribution in [1.29, 1.82) is 0 Å². The molecule has 1 aromatic heterocycles. The van der Waals surface area contributed by atoms with Gasteiger partial charge in [-0.2, -0.15) is 13.2 Å². The van der Waals surface area contributed by atoms with E-state index in [1.165, 1.54) is 16.7 Å². The molecule has 0 saturated heterocycles. The Kier molecular flexibility index (Phi) is 4.25. The van der Waals surface area contributed by atoms with Gasteiger partial charge in [0, 0.05) is 12.3 Å². The smallest absolute Gasteiger partial charge is 0.326 e. The summed E-state index contributed by atoms with van der Waals surface area (Å²) in [4.78, 5) is 4.01. The van der Waals surface area contributed by atoms with Crippen LogP contribution < -0.4 is 0 Å². The fourth-order valence-corrected chi connectivity index (χ4v) is 2.47. The van der Waals surface area contributed by atoms with Gasteiger partial charge in [0.05, 0.1) is 11.4 Å². The monoisotopic (exact) mass is 312 g/mol. The van der Waals surface area contributed by atoms with E-state index in [4.69, 9.17) is 11.6 Å². The number of benzene rings is 1. The third kappa shape index (κ3) is 3.33. The Labute approximate surface area is 115 Å². The lowest BCUT2D eigenvalue weighted by molar-refractivity contribution is -0.0328. The molecule has 0 fully saturated rings. The van der Waals surface area contributed by atoms with Crippen molar-refractivity contribution >= 4 is 34.4 Å². The molecule has 8 heteroatoms. The second kappa shape index (κ2) is 5.58. The molecule has 0 radical (unpaired) electrons. The standard InChI is InChI=1S/C11H9ClF4N2S/c12-6-9-17-10-7(13)2-1-3-8(10)18(9)4-5-19-11(14,15)16/h1-3H,4-6H2. The number of rotatable bonds is 4. The maximum absolute atomic E-state index is 13.5. The average molecular weight is 313 g/mol. The number of aromatic nitrogens is 2. The molecule has 2 aromatic rings. The van der Waals surface area contributed by atoms with Gasteiger partial charge in [-0.05, 0) is 23.9 Å². The third-order valence-corrected chi connectivity index (χ3v) is 3.46. The van der Waals surface area contributed by atoms with Gasteiger partial charge >= 0.3 is 5.51 Å². The number of alkyl halides is 4. The van der Waals surface area contributed by atoms with Crippen molar-refractivity contribution in [3.8, 4) is 0 Å². The number of imidazole rings is 1. The van der Waals surface area contributed by atoms with Crippen LogP contribution in [-0.2, 0) is 12.4 Å². The van der Waals surface area contributed by atoms with Gasteiger partial charge in [-0.25, -0.2) is 9.37 Å². The van der Waals surface area contributed by atoms with Crippen molar-refractivity contribution in [1.82, 2.24) is 9.55 Å². The number of thioether (sulfide) groups is 1. The summed E-state index contributed by atoms with van der Waals surface area (Å²) >= 11 is 5.57. The first kappa shape index (κ1) is 14.5. The van der Waals surface area contributed by atoms with E-state index < -0.39 is 11.3 Å². The van der Waals surface area contributed by atoms with Gasteiger partial charge < -0.3 is 4.57 Å². The lowest BCUT2D eigenvalue weighted by atomic mass is 10.3. The van der Waals surface area contributed by atoms with E-state index in [0.29, 0.717) is 11.3 Å². The Morgan fingerprint density at radius 3 is 2.68 bits per heavy atom. The van der Waals surface area contributed by atoms with Gasteiger partial charge in [0.15, 0.2) is 5.82 Å². The van der Waals surface area contributed by atoms with Crippen LogP contribution in [0.25, 0.3) is 11.0 Å². The minimum Gasteiger partial charge on any atom is -0.326 e. The largest absolute Gasteiger partial charge is 0.441 e. The second-order valence-corrected chi connectivity index (χ2v) is 5.14. The summed E-state index contributed by atoms with van der Waals surface area (Å²) in [6.45, 7) is 0.0756. The maximum Gasteiger partial charge on any atom is 0.441 e. The molecule has 2 nitrogen and oxygen atoms in total. The molecule has 19 heavy (non-hydrogen) atoms. The third-order valence-electron chi connectivity index (χ3n) is 2.51. The van der Waals surface area contributed by atoms with Crippen LogP contribution in [0.5, 0.6) is 0 Å². The lowest BCUT2D eigenvalue weighted by Gasteiger charge is -2.09. The molecule has 0 aliphatic heterocycles. The van der Waals surface area contributed by atoms with Crippen LogP contribution in [0, 0.1) is 5.82 Å². The van der Waals surface area contributed by atoms with Gasteiger partial charge in [-0.1, -0.05) is 6.07 Å². The van der Waals surface area contributed by atoms with Gasteiger partial charge in [0.2, 0.25) is 0 Å². The molecule has 1 aromatic carbocycles. The molecular weight excluding hydrogens is 304 g/mol. The van der Waals surface area contributed by atoms with Crippen LogP contribution >= 0.6 is 23.4 Å². The van der Waals surface area contributed by atoms with Crippen molar-refractivity contribution in [2.75, 3.05) is 5.75 Å². The number of hydrogen-bond acceptors (Lipinski definition) is 2. The first-order chi connectivity index (χ1) is 8.92. The molecule has 1 heterocycles. The van der Waals surface area contributed by atoms with Crippen LogP contribution in [0.3, 0.4) is 0 Å². The van der Waals surface area contributed by atoms with E-state index in [2.05, 4.69) is 4.98 Å². The SMILES string of the molecule is Fc1cccc2c1nc(CCl)n2CCSC(F)(F)F. The van der Waals surface area contributed by atoms with E-state index in [1.54, 1.807) is 6.07 Å². The molecule has 0 unspecified atom stereocenters. The number of para-hydroxylation sites is 1. The fourth-order valence-electron chi connectivity index (χ4n) is 1.77. The normalized spacial score (nSPS) is 12.3. The summed E-state index contributed by atoms with van der Waals surface area (Å²) in [5.41, 5.74) is -3.68. The zero-order valence-corrected chi connectivity index (χ0v) is 11.1. The van der Waals surface area contributed by atoms with Crippen LogP contribution in [0.1, 0.15) is 5.82 Å². The summed E-state index contributed by atoms with van der Waals surface area (Å²) in [5, 5.41) is 0. The summed E-state index contributed by atoms with van der Waals surface area (Å²) in [5.74, 6) is -0.296. The van der Waals surface area contributed by atoms with Crippen LogP contribution in [0.15, 0.2) is 18.2 Å². The van der Waals surface area contributed by atoms with Gasteiger partial charge in [0.25, 0.3) is 0 Å². The first-order valence-corrected chi connectivity index (χ1v) is 6.84. The molecule has 0 spiro atoms. The van der Waals surface area contributed by atoms with Crippen molar-refractivity contribution in [2.45, 2.75) is 17.9 Å². The first-order valence-electron chi connectivity index (χ1n) is 5.32. The van der Waals surface area contributed by atoms with Gasteiger partial charge in [-0.15, -0.1) is 11.6 Å². The maximum atomic E-state index is 13.5. The van der Waals surface area contributed by atoms with Crippen molar-refractivity contribution in [2.24, 2.45) is 0 Å². The summed E-state index contributed by atoms with van der Waals surface area (Å²) in [7, 11) is 0. The van der Waals surface area contributed by atoms with Crippen LogP contribution in [-0.4, -0.2) is 20.8 Å². The van der Waals surface area contributed by atoms with Crippen molar-refractivity contribution < 1.29 is 17.6 Å². The molecule has 0 amide bonds. The minimum atomic E-state index is -4.28. The highest BCUT2D eigenvalue weighted by Crippen LogP contribution is 2.30. The van der Waals surface area contributed by atoms with Crippen LogP contribution in [0.4, 0.5) is 17.6 Å². The lowest BCUT2D eigenvalue weighted by Crippen LogP contribution is -2.09. The predicted molar refractivity (Wildman–Crippen MR) is 67.8 cm³/mol. The number of hydrogen-bond donors (Lipinski definition) is 0. The molecule has 2 rings (SSSR count). The molecule has 104 valence electrons. The number of fused-ring (bicyclic) bond motifs is 1. The highest BCUT2D eigenvalue weighted by molar-refractivity contribution is 8.00. The zero-order chi connectivity index (χ0) is 14.0. The Hall–Kier alpha value is -0.950. The molecule has 0 atom stereocenters. The van der Waals surface area contributed by atoms with E-state index in [-0.39, 0.29) is 35.5 Å². The highest BCUT2D eigenvalue weighted by Gasteiger charge is 2.27. The molecule has 0 saturated carbocycles. The Morgan fingerprint density at radius 2 is 2.05 bits per heavy atom. The van der Waals surface area contributed by atoms with Crippen molar-refractivity contribution in [3.63, 3.8) is 0 Å². The highest BCUT2D eigenvalue weighted by atomic mass is 35.5. The van der Waals surface area contributed by atoms with Gasteiger partial charge in [-0.3, -0.25) is 0 Å². The van der Waals surface area contributed by atoms with E-state index in [9.17, 15) is 17.6 Å². The zero-order valence-electron chi connectivity index (χ0n) is 9.55. The summed E-state index contributed by atoms with van der Waals surface area (Å²) in [6, 6.07) is 4.35. The van der Waals surface area contributed by atoms with E-state index in [1.807, 2.05) is 0 Å². The Morgan fingerprint density at radius 1 is 1.32 bits per heavy atom. The number of halogens is 5. The minimum absolute atomic E-state index is 0.0187. The van der Waals surface area contributed by atoms with E-state index >= 15 is 0 Å². The predicted octanol–water partition coefficient (Wildman–Crippen LogP) is 4.17. The van der Waals surface area contributed by atoms with E-state index in [0.717, 1.165) is 0 Å². The van der Waals surface area contributed by atoms with Gasteiger partial charge in [0.1, 0.15) is 11.3 Å². The molecule has 0 aliphatic rings. The number of aryl methyl sites for hydroxylation is 1. The molecule has 0 aliphatic carbocycles. The van der Waals surface area contributed by atoms with Crippen molar-refractivity contribution in [3.05, 3.63) is 29.8 Å². The topological polar surface area (TPSA) is 17.8 Å². The average Bonchev–Trinajstić information content (AvgIpc) is 2.68.